The number of anilines is 1. The Morgan fingerprint density at radius 1 is 0.969 bits per heavy atom. The zero-order chi connectivity index (χ0) is 22.8. The Bertz CT molecular complexity index is 1210. The third-order valence-corrected chi connectivity index (χ3v) is 6.39. The standard InChI is InChI=1S/C26H30N2O4/c1-27(2)18-11-8-12-19(13-18)28-16-22(25(29)17-9-6-5-7-10-17)20-14-23(31-3)24(32-4)15-21(20)26(28)30/h8,11-17H,5-7,9-10H2,1-4H3. The van der Waals surface area contributed by atoms with Crippen molar-refractivity contribution >= 4 is 22.2 Å². The van der Waals surface area contributed by atoms with Crippen LogP contribution in [0.15, 0.2) is 47.4 Å². The van der Waals surface area contributed by atoms with Crippen LogP contribution in [0.1, 0.15) is 42.5 Å². The Labute approximate surface area is 188 Å². The number of fused-ring (bicyclic) bond motifs is 1. The fraction of sp³-hybridized carbons (Fsp3) is 0.385. The second-order valence-corrected chi connectivity index (χ2v) is 8.58. The molecule has 3 aromatic rings. The van der Waals surface area contributed by atoms with Gasteiger partial charge in [0.2, 0.25) is 0 Å². The molecule has 32 heavy (non-hydrogen) atoms. The Morgan fingerprint density at radius 2 is 1.62 bits per heavy atom. The Balaban J connectivity index is 1.99. The van der Waals surface area contributed by atoms with Crippen molar-refractivity contribution in [1.82, 2.24) is 4.57 Å². The molecular formula is C26H30N2O4. The highest BCUT2D eigenvalue weighted by atomic mass is 16.5. The summed E-state index contributed by atoms with van der Waals surface area (Å²) in [6.07, 6.45) is 6.80. The number of methoxy groups -OCH3 is 2. The maximum atomic E-state index is 13.6. The van der Waals surface area contributed by atoms with Crippen LogP contribution in [0.2, 0.25) is 0 Å². The second-order valence-electron chi connectivity index (χ2n) is 8.58. The summed E-state index contributed by atoms with van der Waals surface area (Å²) in [6.45, 7) is 0. The van der Waals surface area contributed by atoms with E-state index in [1.807, 2.05) is 43.3 Å². The highest BCUT2D eigenvalue weighted by Crippen LogP contribution is 2.35. The van der Waals surface area contributed by atoms with Gasteiger partial charge in [-0.2, -0.15) is 0 Å². The lowest BCUT2D eigenvalue weighted by atomic mass is 9.83. The third kappa shape index (κ3) is 3.97. The maximum Gasteiger partial charge on any atom is 0.263 e. The first kappa shape index (κ1) is 21.9. The van der Waals surface area contributed by atoms with Crippen molar-refractivity contribution < 1.29 is 14.3 Å². The summed E-state index contributed by atoms with van der Waals surface area (Å²) in [5.74, 6) is 1.05. The second kappa shape index (κ2) is 9.07. The summed E-state index contributed by atoms with van der Waals surface area (Å²) in [6, 6.07) is 11.2. The first-order valence-corrected chi connectivity index (χ1v) is 11.1. The van der Waals surface area contributed by atoms with Crippen molar-refractivity contribution in [2.24, 2.45) is 5.92 Å². The van der Waals surface area contributed by atoms with Gasteiger partial charge in [-0.25, -0.2) is 0 Å². The Morgan fingerprint density at radius 3 is 2.25 bits per heavy atom. The van der Waals surface area contributed by atoms with Gasteiger partial charge < -0.3 is 14.4 Å². The zero-order valence-electron chi connectivity index (χ0n) is 19.2. The van der Waals surface area contributed by atoms with Gasteiger partial charge in [0, 0.05) is 42.8 Å². The molecule has 1 saturated carbocycles. The molecule has 0 radical (unpaired) electrons. The van der Waals surface area contributed by atoms with Gasteiger partial charge in [0.25, 0.3) is 5.56 Å². The summed E-state index contributed by atoms with van der Waals surface area (Å²) in [5.41, 5.74) is 2.05. The fourth-order valence-electron chi connectivity index (χ4n) is 4.56. The first-order chi connectivity index (χ1) is 15.4. The molecule has 0 atom stereocenters. The summed E-state index contributed by atoms with van der Waals surface area (Å²) >= 11 is 0. The van der Waals surface area contributed by atoms with Crippen LogP contribution in [0.4, 0.5) is 5.69 Å². The first-order valence-electron chi connectivity index (χ1n) is 11.1. The molecule has 168 valence electrons. The van der Waals surface area contributed by atoms with Crippen LogP contribution < -0.4 is 19.9 Å². The SMILES string of the molecule is COc1cc2c(C(=O)C3CCCCC3)cn(-c3cccc(N(C)C)c3)c(=O)c2cc1OC. The summed E-state index contributed by atoms with van der Waals surface area (Å²) in [4.78, 5) is 29.2. The normalized spacial score (nSPS) is 14.4. The molecule has 0 N–H and O–H groups in total. The minimum Gasteiger partial charge on any atom is -0.493 e. The van der Waals surface area contributed by atoms with Gasteiger partial charge in [0.15, 0.2) is 17.3 Å². The molecule has 4 rings (SSSR count). The van der Waals surface area contributed by atoms with Crippen molar-refractivity contribution in [2.75, 3.05) is 33.2 Å². The molecule has 0 amide bonds. The predicted molar refractivity (Wildman–Crippen MR) is 128 cm³/mol. The minimum absolute atomic E-state index is 0.0147. The predicted octanol–water partition coefficient (Wildman–Crippen LogP) is 4.84. The van der Waals surface area contributed by atoms with Crippen LogP contribution in [-0.4, -0.2) is 38.7 Å². The van der Waals surface area contributed by atoms with Crippen molar-refractivity contribution in [2.45, 2.75) is 32.1 Å². The van der Waals surface area contributed by atoms with Gasteiger partial charge in [-0.1, -0.05) is 25.3 Å². The molecule has 0 spiro atoms. The number of aromatic nitrogens is 1. The molecule has 0 saturated heterocycles. The number of carbonyl (C=O) groups is 1. The van der Waals surface area contributed by atoms with Crippen molar-refractivity contribution in [3.05, 3.63) is 58.5 Å². The Hall–Kier alpha value is -3.28. The van der Waals surface area contributed by atoms with E-state index < -0.39 is 0 Å². The molecule has 1 fully saturated rings. The van der Waals surface area contributed by atoms with Gasteiger partial charge >= 0.3 is 0 Å². The molecule has 6 heteroatoms. The number of benzene rings is 2. The van der Waals surface area contributed by atoms with E-state index in [9.17, 15) is 9.59 Å². The molecular weight excluding hydrogens is 404 g/mol. The molecule has 1 aliphatic carbocycles. The Kier molecular flexibility index (Phi) is 6.21. The van der Waals surface area contributed by atoms with E-state index in [-0.39, 0.29) is 17.3 Å². The number of Topliss-reactive ketones (excluding diaryl/α,β-unsaturated/α-hetero) is 1. The van der Waals surface area contributed by atoms with E-state index in [0.717, 1.165) is 37.1 Å². The summed E-state index contributed by atoms with van der Waals surface area (Å²) < 4.78 is 12.5. The average molecular weight is 435 g/mol. The fourth-order valence-corrected chi connectivity index (χ4v) is 4.56. The molecule has 1 aromatic heterocycles. The number of hydrogen-bond acceptors (Lipinski definition) is 5. The van der Waals surface area contributed by atoms with Gasteiger partial charge in [0.1, 0.15) is 0 Å². The van der Waals surface area contributed by atoms with E-state index in [1.165, 1.54) is 6.42 Å². The number of hydrogen-bond donors (Lipinski definition) is 0. The molecule has 0 unspecified atom stereocenters. The monoisotopic (exact) mass is 434 g/mol. The lowest BCUT2D eigenvalue weighted by molar-refractivity contribution is 0.0890. The van der Waals surface area contributed by atoms with Gasteiger partial charge in [-0.3, -0.25) is 14.2 Å². The highest BCUT2D eigenvalue weighted by molar-refractivity contribution is 6.09. The number of pyridine rings is 1. The minimum atomic E-state index is -0.197. The number of nitrogens with zero attached hydrogens (tertiary/aromatic N) is 2. The average Bonchev–Trinajstić information content (AvgIpc) is 2.83. The molecule has 0 bridgehead atoms. The van der Waals surface area contributed by atoms with E-state index in [1.54, 1.807) is 37.1 Å². The lowest BCUT2D eigenvalue weighted by Gasteiger charge is -2.22. The number of ether oxygens (including phenoxy) is 2. The maximum absolute atomic E-state index is 13.6. The third-order valence-electron chi connectivity index (χ3n) is 6.39. The van der Waals surface area contributed by atoms with E-state index in [2.05, 4.69) is 0 Å². The molecule has 6 nitrogen and oxygen atoms in total. The van der Waals surface area contributed by atoms with Crippen LogP contribution in [-0.2, 0) is 0 Å². The van der Waals surface area contributed by atoms with E-state index >= 15 is 0 Å². The van der Waals surface area contributed by atoms with Crippen molar-refractivity contribution in [3.8, 4) is 17.2 Å². The van der Waals surface area contributed by atoms with Crippen LogP contribution in [0.3, 0.4) is 0 Å². The topological polar surface area (TPSA) is 60.8 Å². The molecule has 1 aliphatic rings. The molecule has 1 heterocycles. The number of carbonyl (C=O) groups excluding carboxylic acids is 1. The van der Waals surface area contributed by atoms with Gasteiger partial charge in [-0.05, 0) is 43.2 Å². The summed E-state index contributed by atoms with van der Waals surface area (Å²) in [5, 5.41) is 1.06. The van der Waals surface area contributed by atoms with Gasteiger partial charge in [-0.15, -0.1) is 0 Å². The van der Waals surface area contributed by atoms with E-state index in [0.29, 0.717) is 27.8 Å². The highest BCUT2D eigenvalue weighted by Gasteiger charge is 2.26. The lowest BCUT2D eigenvalue weighted by Crippen LogP contribution is -2.24. The smallest absolute Gasteiger partial charge is 0.263 e. The zero-order valence-corrected chi connectivity index (χ0v) is 19.2. The number of rotatable bonds is 6. The van der Waals surface area contributed by atoms with E-state index in [4.69, 9.17) is 9.47 Å². The van der Waals surface area contributed by atoms with Crippen LogP contribution in [0.5, 0.6) is 11.5 Å². The van der Waals surface area contributed by atoms with Gasteiger partial charge in [0.05, 0.1) is 25.3 Å². The van der Waals surface area contributed by atoms with Crippen LogP contribution in [0, 0.1) is 5.92 Å². The molecule has 0 aliphatic heterocycles. The van der Waals surface area contributed by atoms with Crippen LogP contribution >= 0.6 is 0 Å². The summed E-state index contributed by atoms with van der Waals surface area (Å²) in [7, 11) is 7.01. The van der Waals surface area contributed by atoms with Crippen LogP contribution in [0.25, 0.3) is 16.5 Å². The quantitative estimate of drug-likeness (QED) is 0.520. The molecule has 2 aromatic carbocycles. The van der Waals surface area contributed by atoms with Crippen molar-refractivity contribution in [3.63, 3.8) is 0 Å². The number of ketones is 1. The largest absolute Gasteiger partial charge is 0.493 e. The van der Waals surface area contributed by atoms with Crippen molar-refractivity contribution in [1.29, 1.82) is 0 Å².